The smallest absolute Gasteiger partial charge is 0.317 e. The fourth-order valence-electron chi connectivity index (χ4n) is 3.55. The maximum absolute atomic E-state index is 12.4. The first-order valence-corrected chi connectivity index (χ1v) is 9.39. The fourth-order valence-corrected chi connectivity index (χ4v) is 3.55. The van der Waals surface area contributed by atoms with Crippen molar-refractivity contribution in [2.24, 2.45) is 0 Å². The number of urea groups is 1. The molecule has 26 heavy (non-hydrogen) atoms. The third-order valence-corrected chi connectivity index (χ3v) is 5.28. The number of carbonyl (C=O) groups is 1. The molecule has 2 amide bonds. The normalized spacial score (nSPS) is 17.8. The van der Waals surface area contributed by atoms with Gasteiger partial charge >= 0.3 is 6.03 Å². The summed E-state index contributed by atoms with van der Waals surface area (Å²) in [5, 5.41) is 3.08. The Labute approximate surface area is 156 Å². The number of nitrogens with one attached hydrogen (secondary N) is 1. The van der Waals surface area contributed by atoms with Gasteiger partial charge < -0.3 is 15.0 Å². The van der Waals surface area contributed by atoms with E-state index in [4.69, 9.17) is 4.74 Å². The number of rotatable bonds is 6. The van der Waals surface area contributed by atoms with Crippen LogP contribution in [0.2, 0.25) is 0 Å². The van der Waals surface area contributed by atoms with Crippen molar-refractivity contribution in [2.45, 2.75) is 31.6 Å². The molecule has 1 N–H and O–H groups in total. The number of hydrogen-bond donors (Lipinski definition) is 1. The molecule has 2 unspecified atom stereocenters. The van der Waals surface area contributed by atoms with Gasteiger partial charge in [-0.2, -0.15) is 0 Å². The average molecular weight is 352 g/mol. The Morgan fingerprint density at radius 3 is 2.62 bits per heavy atom. The first-order valence-electron chi connectivity index (χ1n) is 9.39. The molecule has 0 spiro atoms. The molecular weight excluding hydrogens is 324 g/mol. The second kappa shape index (κ2) is 8.75. The third-order valence-electron chi connectivity index (χ3n) is 5.28. The zero-order chi connectivity index (χ0) is 18.4. The van der Waals surface area contributed by atoms with Gasteiger partial charge in [0.15, 0.2) is 0 Å². The van der Waals surface area contributed by atoms with E-state index < -0.39 is 0 Å². The molecule has 1 heterocycles. The van der Waals surface area contributed by atoms with E-state index in [0.717, 1.165) is 31.7 Å². The minimum absolute atomic E-state index is 0.0567. The Morgan fingerprint density at radius 1 is 1.19 bits per heavy atom. The van der Waals surface area contributed by atoms with E-state index >= 15 is 0 Å². The standard InChI is InChI=1S/C22H28N2O2/c1-17(18-6-4-3-5-7-18)12-14-23-22(25)24-15-13-20(16-24)19-8-10-21(26-2)11-9-19/h3-11,17,20H,12-16H2,1-2H3,(H,23,25). The quantitative estimate of drug-likeness (QED) is 0.838. The summed E-state index contributed by atoms with van der Waals surface area (Å²) >= 11 is 0. The van der Waals surface area contributed by atoms with Crippen LogP contribution in [-0.2, 0) is 0 Å². The van der Waals surface area contributed by atoms with E-state index in [-0.39, 0.29) is 6.03 Å². The van der Waals surface area contributed by atoms with E-state index in [1.165, 1.54) is 11.1 Å². The van der Waals surface area contributed by atoms with Crippen LogP contribution in [0.4, 0.5) is 4.79 Å². The van der Waals surface area contributed by atoms with Crippen molar-refractivity contribution >= 4 is 6.03 Å². The molecule has 2 atom stereocenters. The number of methoxy groups -OCH3 is 1. The summed E-state index contributed by atoms with van der Waals surface area (Å²) < 4.78 is 5.21. The Morgan fingerprint density at radius 2 is 1.92 bits per heavy atom. The van der Waals surface area contributed by atoms with Gasteiger partial charge in [0.2, 0.25) is 0 Å². The summed E-state index contributed by atoms with van der Waals surface area (Å²) in [6.45, 7) is 4.51. The monoisotopic (exact) mass is 352 g/mol. The lowest BCUT2D eigenvalue weighted by Gasteiger charge is -2.19. The zero-order valence-corrected chi connectivity index (χ0v) is 15.7. The van der Waals surface area contributed by atoms with Gasteiger partial charge in [-0.3, -0.25) is 0 Å². The highest BCUT2D eigenvalue weighted by molar-refractivity contribution is 5.74. The molecule has 1 fully saturated rings. The van der Waals surface area contributed by atoms with Gasteiger partial charge in [-0.05, 0) is 42.0 Å². The number of amides is 2. The Kier molecular flexibility index (Phi) is 6.16. The maximum Gasteiger partial charge on any atom is 0.317 e. The van der Waals surface area contributed by atoms with Gasteiger partial charge in [-0.25, -0.2) is 4.79 Å². The summed E-state index contributed by atoms with van der Waals surface area (Å²) in [7, 11) is 1.68. The van der Waals surface area contributed by atoms with Crippen molar-refractivity contribution in [1.29, 1.82) is 0 Å². The topological polar surface area (TPSA) is 41.6 Å². The third kappa shape index (κ3) is 4.57. The summed E-state index contributed by atoms with van der Waals surface area (Å²) in [6.07, 6.45) is 1.96. The van der Waals surface area contributed by atoms with Crippen LogP contribution in [0.1, 0.15) is 42.7 Å². The molecule has 1 aliphatic rings. The lowest BCUT2D eigenvalue weighted by Crippen LogP contribution is -2.39. The average Bonchev–Trinajstić information content (AvgIpc) is 3.19. The maximum atomic E-state index is 12.4. The summed E-state index contributed by atoms with van der Waals surface area (Å²) in [5.74, 6) is 1.73. The molecule has 3 rings (SSSR count). The molecule has 138 valence electrons. The number of hydrogen-bond acceptors (Lipinski definition) is 2. The van der Waals surface area contributed by atoms with Gasteiger partial charge in [0, 0.05) is 25.6 Å². The molecule has 0 radical (unpaired) electrons. The van der Waals surface area contributed by atoms with E-state index in [2.05, 4.69) is 48.6 Å². The number of benzene rings is 2. The van der Waals surface area contributed by atoms with Crippen molar-refractivity contribution in [3.05, 3.63) is 65.7 Å². The van der Waals surface area contributed by atoms with Crippen LogP contribution < -0.4 is 10.1 Å². The lowest BCUT2D eigenvalue weighted by molar-refractivity contribution is 0.208. The van der Waals surface area contributed by atoms with Crippen LogP contribution in [0, 0.1) is 0 Å². The highest BCUT2D eigenvalue weighted by Gasteiger charge is 2.27. The van der Waals surface area contributed by atoms with Crippen molar-refractivity contribution < 1.29 is 9.53 Å². The molecule has 0 aromatic heterocycles. The number of ether oxygens (including phenoxy) is 1. The fraction of sp³-hybridized carbons (Fsp3) is 0.409. The Hall–Kier alpha value is -2.49. The predicted molar refractivity (Wildman–Crippen MR) is 105 cm³/mol. The zero-order valence-electron chi connectivity index (χ0n) is 15.7. The highest BCUT2D eigenvalue weighted by Crippen LogP contribution is 2.28. The predicted octanol–water partition coefficient (Wildman–Crippen LogP) is 4.39. The van der Waals surface area contributed by atoms with Crippen LogP contribution in [-0.4, -0.2) is 37.7 Å². The van der Waals surface area contributed by atoms with E-state index in [1.54, 1.807) is 7.11 Å². The van der Waals surface area contributed by atoms with Gasteiger partial charge in [0.1, 0.15) is 5.75 Å². The summed E-state index contributed by atoms with van der Waals surface area (Å²) in [6, 6.07) is 18.7. The largest absolute Gasteiger partial charge is 0.497 e. The first-order chi connectivity index (χ1) is 12.7. The Bertz CT molecular complexity index is 700. The van der Waals surface area contributed by atoms with Gasteiger partial charge in [0.05, 0.1) is 7.11 Å². The second-order valence-electron chi connectivity index (χ2n) is 7.04. The van der Waals surface area contributed by atoms with Crippen molar-refractivity contribution in [2.75, 3.05) is 26.7 Å². The summed E-state index contributed by atoms with van der Waals surface area (Å²) in [4.78, 5) is 14.4. The lowest BCUT2D eigenvalue weighted by atomic mass is 9.98. The van der Waals surface area contributed by atoms with E-state index in [9.17, 15) is 4.79 Å². The van der Waals surface area contributed by atoms with E-state index in [0.29, 0.717) is 18.4 Å². The molecule has 0 bridgehead atoms. The van der Waals surface area contributed by atoms with Gasteiger partial charge in [-0.1, -0.05) is 49.4 Å². The second-order valence-corrected chi connectivity index (χ2v) is 7.04. The van der Waals surface area contributed by atoms with Crippen LogP contribution in [0.15, 0.2) is 54.6 Å². The van der Waals surface area contributed by atoms with Crippen LogP contribution in [0.3, 0.4) is 0 Å². The number of carbonyl (C=O) groups excluding carboxylic acids is 1. The molecule has 2 aromatic rings. The van der Waals surface area contributed by atoms with Crippen LogP contribution in [0.25, 0.3) is 0 Å². The van der Waals surface area contributed by atoms with Gasteiger partial charge in [0.25, 0.3) is 0 Å². The van der Waals surface area contributed by atoms with Crippen molar-refractivity contribution in [1.82, 2.24) is 10.2 Å². The minimum atomic E-state index is 0.0567. The molecule has 2 aromatic carbocycles. The van der Waals surface area contributed by atoms with Crippen LogP contribution in [0.5, 0.6) is 5.75 Å². The van der Waals surface area contributed by atoms with Crippen molar-refractivity contribution in [3.63, 3.8) is 0 Å². The molecule has 1 aliphatic heterocycles. The highest BCUT2D eigenvalue weighted by atomic mass is 16.5. The Balaban J connectivity index is 1.44. The molecule has 1 saturated heterocycles. The molecule has 4 nitrogen and oxygen atoms in total. The first kappa shape index (κ1) is 18.3. The molecule has 0 saturated carbocycles. The SMILES string of the molecule is COc1ccc(C2CCN(C(=O)NCCC(C)c3ccccc3)C2)cc1. The van der Waals surface area contributed by atoms with Gasteiger partial charge in [-0.15, -0.1) is 0 Å². The minimum Gasteiger partial charge on any atom is -0.497 e. The molecule has 4 heteroatoms. The van der Waals surface area contributed by atoms with Crippen molar-refractivity contribution in [3.8, 4) is 5.75 Å². The summed E-state index contributed by atoms with van der Waals surface area (Å²) in [5.41, 5.74) is 2.60. The number of nitrogens with zero attached hydrogens (tertiary/aromatic N) is 1. The van der Waals surface area contributed by atoms with Crippen LogP contribution >= 0.6 is 0 Å². The van der Waals surface area contributed by atoms with E-state index in [1.807, 2.05) is 23.1 Å². The molecular formula is C22H28N2O2. The number of likely N-dealkylation sites (tertiary alicyclic amines) is 1. The molecule has 0 aliphatic carbocycles.